The van der Waals surface area contributed by atoms with Crippen molar-refractivity contribution in [2.45, 2.75) is 6.18 Å². The number of rotatable bonds is 7. The maximum absolute atomic E-state index is 12.6. The van der Waals surface area contributed by atoms with E-state index in [9.17, 15) is 26.4 Å². The Labute approximate surface area is 132 Å². The number of amides is 1. The number of anilines is 1. The minimum Gasteiger partial charge on any atom is -0.383 e. The molecule has 0 aliphatic rings. The molecule has 0 bridgehead atoms. The van der Waals surface area contributed by atoms with Crippen molar-refractivity contribution in [1.82, 2.24) is 4.31 Å². The van der Waals surface area contributed by atoms with Crippen molar-refractivity contribution in [2.75, 3.05) is 38.4 Å². The zero-order valence-electron chi connectivity index (χ0n) is 12.6. The number of methoxy groups -OCH3 is 1. The van der Waals surface area contributed by atoms with Crippen LogP contribution in [0, 0.1) is 0 Å². The first kappa shape index (κ1) is 19.4. The molecule has 0 atom stereocenters. The number of carbonyl (C=O) groups is 1. The molecule has 23 heavy (non-hydrogen) atoms. The molecule has 0 aliphatic carbocycles. The zero-order chi connectivity index (χ0) is 17.7. The van der Waals surface area contributed by atoms with Gasteiger partial charge in [0, 0.05) is 19.3 Å². The van der Waals surface area contributed by atoms with Gasteiger partial charge in [0.05, 0.1) is 25.0 Å². The lowest BCUT2D eigenvalue weighted by Gasteiger charge is -2.19. The second-order valence-corrected chi connectivity index (χ2v) is 6.70. The Morgan fingerprint density at radius 3 is 2.52 bits per heavy atom. The van der Waals surface area contributed by atoms with Gasteiger partial charge in [0.2, 0.25) is 15.9 Å². The summed E-state index contributed by atoms with van der Waals surface area (Å²) in [7, 11) is -2.27. The molecule has 0 aliphatic heterocycles. The van der Waals surface area contributed by atoms with E-state index < -0.39 is 34.2 Å². The molecule has 0 saturated carbocycles. The van der Waals surface area contributed by atoms with Crippen LogP contribution in [0.1, 0.15) is 5.56 Å². The maximum atomic E-state index is 12.6. The van der Waals surface area contributed by atoms with E-state index in [0.29, 0.717) is 0 Å². The highest BCUT2D eigenvalue weighted by molar-refractivity contribution is 7.88. The van der Waals surface area contributed by atoms with Gasteiger partial charge in [-0.15, -0.1) is 0 Å². The third-order valence-corrected chi connectivity index (χ3v) is 4.06. The fraction of sp³-hybridized carbons (Fsp3) is 0.462. The van der Waals surface area contributed by atoms with Crippen LogP contribution in [-0.2, 0) is 25.7 Å². The van der Waals surface area contributed by atoms with Crippen molar-refractivity contribution in [1.29, 1.82) is 0 Å². The molecular formula is C13H17F3N2O4S. The Bertz CT molecular complexity index is 647. The summed E-state index contributed by atoms with van der Waals surface area (Å²) in [6.07, 6.45) is -3.60. The number of benzene rings is 1. The topological polar surface area (TPSA) is 75.7 Å². The number of ether oxygens (including phenoxy) is 1. The Hall–Kier alpha value is -1.65. The number of alkyl halides is 3. The normalized spacial score (nSPS) is 12.4. The average Bonchev–Trinajstić information content (AvgIpc) is 2.41. The highest BCUT2D eigenvalue weighted by atomic mass is 32.2. The fourth-order valence-corrected chi connectivity index (χ4v) is 2.45. The molecule has 1 aromatic carbocycles. The molecule has 0 unspecified atom stereocenters. The van der Waals surface area contributed by atoms with Crippen LogP contribution >= 0.6 is 0 Å². The van der Waals surface area contributed by atoms with E-state index in [1.54, 1.807) is 0 Å². The minimum absolute atomic E-state index is 0.0364. The van der Waals surface area contributed by atoms with Crippen molar-refractivity contribution >= 4 is 21.6 Å². The van der Waals surface area contributed by atoms with Crippen LogP contribution in [0.4, 0.5) is 18.9 Å². The molecule has 0 saturated heterocycles. The number of nitrogens with zero attached hydrogens (tertiary/aromatic N) is 1. The number of nitrogens with one attached hydrogen (secondary N) is 1. The summed E-state index contributed by atoms with van der Waals surface area (Å²) in [5.74, 6) is -0.745. The minimum atomic E-state index is -4.53. The van der Waals surface area contributed by atoms with Crippen molar-refractivity contribution in [3.05, 3.63) is 29.8 Å². The lowest BCUT2D eigenvalue weighted by Crippen LogP contribution is -2.39. The van der Waals surface area contributed by atoms with Gasteiger partial charge in [-0.2, -0.15) is 17.5 Å². The predicted molar refractivity (Wildman–Crippen MR) is 78.4 cm³/mol. The molecule has 0 fully saturated rings. The van der Waals surface area contributed by atoms with Gasteiger partial charge in [0.25, 0.3) is 0 Å². The Morgan fingerprint density at radius 1 is 1.35 bits per heavy atom. The quantitative estimate of drug-likeness (QED) is 0.806. The van der Waals surface area contributed by atoms with Gasteiger partial charge in [-0.1, -0.05) is 6.07 Å². The Balaban J connectivity index is 2.79. The Kier molecular flexibility index (Phi) is 6.54. The van der Waals surface area contributed by atoms with Gasteiger partial charge >= 0.3 is 6.18 Å². The first-order valence-corrected chi connectivity index (χ1v) is 8.30. The second-order valence-electron chi connectivity index (χ2n) is 4.72. The van der Waals surface area contributed by atoms with Gasteiger partial charge in [-0.25, -0.2) is 8.42 Å². The summed E-state index contributed by atoms with van der Waals surface area (Å²) in [5, 5.41) is 2.25. The summed E-state index contributed by atoms with van der Waals surface area (Å²) >= 11 is 0. The predicted octanol–water partition coefficient (Wildman–Crippen LogP) is 1.55. The highest BCUT2D eigenvalue weighted by Crippen LogP contribution is 2.30. The molecular weight excluding hydrogens is 337 g/mol. The standard InChI is InChI=1S/C13H17F3N2O4S/c1-22-7-6-18(23(2,20)21)9-12(19)17-11-5-3-4-10(8-11)13(14,15)16/h3-5,8H,6-7,9H2,1-2H3,(H,17,19). The van der Waals surface area contributed by atoms with E-state index in [1.165, 1.54) is 13.2 Å². The first-order valence-electron chi connectivity index (χ1n) is 6.45. The first-order chi connectivity index (χ1) is 10.5. The van der Waals surface area contributed by atoms with Crippen molar-refractivity contribution < 1.29 is 31.1 Å². The number of carbonyl (C=O) groups excluding carboxylic acids is 1. The monoisotopic (exact) mass is 354 g/mol. The summed E-state index contributed by atoms with van der Waals surface area (Å²) in [6, 6.07) is 4.08. The third kappa shape index (κ3) is 6.55. The molecule has 0 aromatic heterocycles. The van der Waals surface area contributed by atoms with Gasteiger partial charge in [0.15, 0.2) is 0 Å². The SMILES string of the molecule is COCCN(CC(=O)Nc1cccc(C(F)(F)F)c1)S(C)(=O)=O. The van der Waals surface area contributed by atoms with Crippen LogP contribution in [0.3, 0.4) is 0 Å². The van der Waals surface area contributed by atoms with Crippen molar-refractivity contribution in [3.63, 3.8) is 0 Å². The molecule has 1 N–H and O–H groups in total. The van der Waals surface area contributed by atoms with Gasteiger partial charge in [-0.3, -0.25) is 4.79 Å². The van der Waals surface area contributed by atoms with Gasteiger partial charge in [0.1, 0.15) is 0 Å². The smallest absolute Gasteiger partial charge is 0.383 e. The molecule has 0 heterocycles. The van der Waals surface area contributed by atoms with Crippen LogP contribution in [0.5, 0.6) is 0 Å². The number of hydrogen-bond acceptors (Lipinski definition) is 4. The van der Waals surface area contributed by atoms with E-state index in [1.807, 2.05) is 0 Å². The largest absolute Gasteiger partial charge is 0.416 e. The third-order valence-electron chi connectivity index (χ3n) is 2.81. The lowest BCUT2D eigenvalue weighted by molar-refractivity contribution is -0.137. The summed E-state index contributed by atoms with van der Waals surface area (Å²) in [4.78, 5) is 11.9. The Morgan fingerprint density at radius 2 is 2.00 bits per heavy atom. The fourth-order valence-electron chi connectivity index (χ4n) is 1.69. The molecule has 10 heteroatoms. The number of sulfonamides is 1. The average molecular weight is 354 g/mol. The molecule has 0 spiro atoms. The van der Waals surface area contributed by atoms with Gasteiger partial charge in [-0.05, 0) is 18.2 Å². The van der Waals surface area contributed by atoms with E-state index >= 15 is 0 Å². The number of hydrogen-bond donors (Lipinski definition) is 1. The summed E-state index contributed by atoms with van der Waals surface area (Å²) < 4.78 is 66.5. The van der Waals surface area contributed by atoms with Crippen molar-refractivity contribution in [2.24, 2.45) is 0 Å². The lowest BCUT2D eigenvalue weighted by atomic mass is 10.2. The molecule has 1 rings (SSSR count). The van der Waals surface area contributed by atoms with Crippen LogP contribution in [0.2, 0.25) is 0 Å². The van der Waals surface area contributed by atoms with Crippen LogP contribution in [0.15, 0.2) is 24.3 Å². The molecule has 0 radical (unpaired) electrons. The summed E-state index contributed by atoms with van der Waals surface area (Å²) in [6.45, 7) is -0.465. The van der Waals surface area contributed by atoms with Crippen LogP contribution in [0.25, 0.3) is 0 Å². The van der Waals surface area contributed by atoms with E-state index in [4.69, 9.17) is 4.74 Å². The van der Waals surface area contributed by atoms with E-state index in [2.05, 4.69) is 5.32 Å². The molecule has 6 nitrogen and oxygen atoms in total. The molecule has 130 valence electrons. The van der Waals surface area contributed by atoms with Gasteiger partial charge < -0.3 is 10.1 Å². The van der Waals surface area contributed by atoms with Crippen LogP contribution < -0.4 is 5.32 Å². The van der Waals surface area contributed by atoms with E-state index in [-0.39, 0.29) is 18.8 Å². The highest BCUT2D eigenvalue weighted by Gasteiger charge is 2.30. The number of halogens is 3. The molecule has 1 amide bonds. The van der Waals surface area contributed by atoms with Crippen LogP contribution in [-0.4, -0.2) is 51.7 Å². The summed E-state index contributed by atoms with van der Waals surface area (Å²) in [5.41, 5.74) is -0.973. The molecule has 1 aromatic rings. The zero-order valence-corrected chi connectivity index (χ0v) is 13.4. The van der Waals surface area contributed by atoms with E-state index in [0.717, 1.165) is 28.8 Å². The maximum Gasteiger partial charge on any atom is 0.416 e. The second kappa shape index (κ2) is 7.75. The van der Waals surface area contributed by atoms with Crippen molar-refractivity contribution in [3.8, 4) is 0 Å².